The van der Waals surface area contributed by atoms with E-state index in [1.54, 1.807) is 23.0 Å². The highest BCUT2D eigenvalue weighted by atomic mass is 32.2. The molecule has 0 aliphatic carbocycles. The van der Waals surface area contributed by atoms with Crippen LogP contribution in [0.3, 0.4) is 0 Å². The number of aromatic nitrogens is 2. The summed E-state index contributed by atoms with van der Waals surface area (Å²) < 4.78 is 28.6. The van der Waals surface area contributed by atoms with Crippen molar-refractivity contribution < 1.29 is 8.42 Å². The van der Waals surface area contributed by atoms with Gasteiger partial charge in [-0.2, -0.15) is 5.10 Å². The average Bonchev–Trinajstić information content (AvgIpc) is 2.85. The highest BCUT2D eigenvalue weighted by Crippen LogP contribution is 2.10. The lowest BCUT2D eigenvalue weighted by molar-refractivity contribution is 0.581. The highest BCUT2D eigenvalue weighted by molar-refractivity contribution is 7.89. The number of nitrogens with zero attached hydrogens (tertiary/aromatic N) is 2. The number of nitrogens with one attached hydrogen (secondary N) is 2. The molecule has 0 saturated carbocycles. The predicted octanol–water partition coefficient (Wildman–Crippen LogP) is 0.661. The number of aryl methyl sites for hydroxylation is 1. The second kappa shape index (κ2) is 6.84. The molecule has 0 atom stereocenters. The largest absolute Gasteiger partial charge is 0.316 e. The zero-order valence-corrected chi connectivity index (χ0v) is 13.0. The molecule has 0 saturated heterocycles. The van der Waals surface area contributed by atoms with Crippen molar-refractivity contribution in [2.45, 2.75) is 17.9 Å². The molecule has 21 heavy (non-hydrogen) atoms. The Balaban J connectivity index is 1.94. The van der Waals surface area contributed by atoms with Gasteiger partial charge in [0.2, 0.25) is 10.0 Å². The third-order valence-electron chi connectivity index (χ3n) is 3.08. The van der Waals surface area contributed by atoms with Crippen molar-refractivity contribution in [2.24, 2.45) is 7.05 Å². The van der Waals surface area contributed by atoms with Crippen LogP contribution < -0.4 is 10.0 Å². The Morgan fingerprint density at radius 1 is 1.19 bits per heavy atom. The molecule has 7 heteroatoms. The Hall–Kier alpha value is -1.70. The molecule has 0 spiro atoms. The van der Waals surface area contributed by atoms with Crippen molar-refractivity contribution in [1.29, 1.82) is 0 Å². The molecule has 2 aromatic rings. The van der Waals surface area contributed by atoms with E-state index >= 15 is 0 Å². The van der Waals surface area contributed by atoms with Gasteiger partial charge in [0.1, 0.15) is 0 Å². The minimum Gasteiger partial charge on any atom is -0.316 e. The molecule has 0 bridgehead atoms. The average molecular weight is 308 g/mol. The van der Waals surface area contributed by atoms with Gasteiger partial charge in [0, 0.05) is 26.3 Å². The maximum Gasteiger partial charge on any atom is 0.240 e. The molecular weight excluding hydrogens is 288 g/mol. The Morgan fingerprint density at radius 3 is 2.48 bits per heavy atom. The van der Waals surface area contributed by atoms with E-state index in [1.165, 1.54) is 0 Å². The van der Waals surface area contributed by atoms with E-state index in [-0.39, 0.29) is 4.90 Å². The first-order valence-corrected chi connectivity index (χ1v) is 8.20. The van der Waals surface area contributed by atoms with Crippen LogP contribution in [0.15, 0.2) is 41.6 Å². The second-order valence-corrected chi connectivity index (χ2v) is 6.61. The van der Waals surface area contributed by atoms with E-state index in [1.807, 2.05) is 32.4 Å². The fraction of sp³-hybridized carbons (Fsp3) is 0.357. The Morgan fingerprint density at radius 2 is 1.90 bits per heavy atom. The maximum atomic E-state index is 12.1. The molecule has 0 fully saturated rings. The summed E-state index contributed by atoms with van der Waals surface area (Å²) in [5, 5.41) is 7.07. The molecule has 114 valence electrons. The summed E-state index contributed by atoms with van der Waals surface area (Å²) in [6.45, 7) is 1.07. The molecule has 6 nitrogen and oxygen atoms in total. The smallest absolute Gasteiger partial charge is 0.240 e. The zero-order valence-electron chi connectivity index (χ0n) is 12.2. The van der Waals surface area contributed by atoms with Crippen LogP contribution in [0.4, 0.5) is 0 Å². The van der Waals surface area contributed by atoms with Crippen LogP contribution in [-0.2, 0) is 30.0 Å². The molecule has 0 aliphatic heterocycles. The van der Waals surface area contributed by atoms with Crippen molar-refractivity contribution >= 4 is 10.0 Å². The summed E-state index contributed by atoms with van der Waals surface area (Å²) in [6, 6.07) is 6.87. The first-order valence-electron chi connectivity index (χ1n) is 6.72. The number of hydrogen-bond donors (Lipinski definition) is 2. The number of sulfonamides is 1. The Bertz CT molecular complexity index is 677. The zero-order chi connectivity index (χ0) is 15.3. The molecule has 1 aromatic carbocycles. The van der Waals surface area contributed by atoms with Crippen LogP contribution in [0.2, 0.25) is 0 Å². The van der Waals surface area contributed by atoms with Crippen LogP contribution in [0.1, 0.15) is 11.1 Å². The molecule has 1 heterocycles. The summed E-state index contributed by atoms with van der Waals surface area (Å²) in [5.74, 6) is 0. The lowest BCUT2D eigenvalue weighted by Crippen LogP contribution is -2.26. The monoisotopic (exact) mass is 308 g/mol. The predicted molar refractivity (Wildman–Crippen MR) is 81.3 cm³/mol. The van der Waals surface area contributed by atoms with Gasteiger partial charge >= 0.3 is 0 Å². The normalized spacial score (nSPS) is 11.7. The third kappa shape index (κ3) is 4.38. The van der Waals surface area contributed by atoms with Crippen molar-refractivity contribution in [3.8, 4) is 0 Å². The quantitative estimate of drug-likeness (QED) is 0.788. The van der Waals surface area contributed by atoms with E-state index in [2.05, 4.69) is 15.1 Å². The highest BCUT2D eigenvalue weighted by Gasteiger charge is 2.13. The first kappa shape index (κ1) is 15.7. The molecule has 2 N–H and O–H groups in total. The third-order valence-corrected chi connectivity index (χ3v) is 4.56. The first-order chi connectivity index (χ1) is 10.0. The van der Waals surface area contributed by atoms with E-state index in [0.717, 1.165) is 17.7 Å². The second-order valence-electron chi connectivity index (χ2n) is 4.84. The molecule has 0 aliphatic rings. The summed E-state index contributed by atoms with van der Waals surface area (Å²) in [6.07, 6.45) is 4.23. The SMILES string of the molecule is CNCc1ccc(S(=O)(=O)NCCc2cnn(C)c2)cc1. The molecule has 0 amide bonds. The van der Waals surface area contributed by atoms with Crippen molar-refractivity contribution in [3.05, 3.63) is 47.8 Å². The van der Waals surface area contributed by atoms with Gasteiger partial charge < -0.3 is 5.32 Å². The molecule has 0 radical (unpaired) electrons. The van der Waals surface area contributed by atoms with Crippen molar-refractivity contribution in [2.75, 3.05) is 13.6 Å². The summed E-state index contributed by atoms with van der Waals surface area (Å²) in [7, 11) is 0.233. The van der Waals surface area contributed by atoms with Gasteiger partial charge in [-0.15, -0.1) is 0 Å². The Kier molecular flexibility index (Phi) is 5.11. The molecule has 0 unspecified atom stereocenters. The van der Waals surface area contributed by atoms with Crippen LogP contribution in [0.5, 0.6) is 0 Å². The fourth-order valence-corrected chi connectivity index (χ4v) is 3.04. The molecule has 1 aromatic heterocycles. The van der Waals surface area contributed by atoms with Crippen molar-refractivity contribution in [1.82, 2.24) is 19.8 Å². The lowest BCUT2D eigenvalue weighted by atomic mass is 10.2. The van der Waals surface area contributed by atoms with Gasteiger partial charge in [0.05, 0.1) is 11.1 Å². The Labute approximate surface area is 125 Å². The topological polar surface area (TPSA) is 76.0 Å². The van der Waals surface area contributed by atoms with Crippen LogP contribution >= 0.6 is 0 Å². The van der Waals surface area contributed by atoms with Gasteiger partial charge in [-0.3, -0.25) is 4.68 Å². The lowest BCUT2D eigenvalue weighted by Gasteiger charge is -2.07. The molecule has 2 rings (SSSR count). The van der Waals surface area contributed by atoms with Crippen molar-refractivity contribution in [3.63, 3.8) is 0 Å². The summed E-state index contributed by atoms with van der Waals surface area (Å²) >= 11 is 0. The van der Waals surface area contributed by atoms with Gasteiger partial charge in [-0.1, -0.05) is 12.1 Å². The van der Waals surface area contributed by atoms with E-state index in [0.29, 0.717) is 13.0 Å². The van der Waals surface area contributed by atoms with Gasteiger partial charge in [-0.25, -0.2) is 13.1 Å². The standard InChI is InChI=1S/C14H20N4O2S/c1-15-9-12-3-5-14(6-4-12)21(19,20)17-8-7-13-10-16-18(2)11-13/h3-6,10-11,15,17H,7-9H2,1-2H3. The van der Waals surface area contributed by atoms with E-state index in [9.17, 15) is 8.42 Å². The van der Waals surface area contributed by atoms with Crippen LogP contribution in [0.25, 0.3) is 0 Å². The minimum atomic E-state index is -3.45. The number of benzene rings is 1. The van der Waals surface area contributed by atoms with E-state index in [4.69, 9.17) is 0 Å². The van der Waals surface area contributed by atoms with Crippen LogP contribution in [0, 0.1) is 0 Å². The summed E-state index contributed by atoms with van der Waals surface area (Å²) in [5.41, 5.74) is 2.05. The van der Waals surface area contributed by atoms with E-state index < -0.39 is 10.0 Å². The van der Waals surface area contributed by atoms with Gasteiger partial charge in [0.25, 0.3) is 0 Å². The fourth-order valence-electron chi connectivity index (χ4n) is 2.00. The van der Waals surface area contributed by atoms with Gasteiger partial charge in [0.15, 0.2) is 0 Å². The minimum absolute atomic E-state index is 0.286. The number of hydrogen-bond acceptors (Lipinski definition) is 4. The van der Waals surface area contributed by atoms with Gasteiger partial charge in [-0.05, 0) is 36.7 Å². The van der Waals surface area contributed by atoms with Crippen LogP contribution in [-0.4, -0.2) is 31.8 Å². The summed E-state index contributed by atoms with van der Waals surface area (Å²) in [4.78, 5) is 0.286. The molecular formula is C14H20N4O2S. The number of rotatable bonds is 7. The maximum absolute atomic E-state index is 12.1.